The predicted molar refractivity (Wildman–Crippen MR) is 127 cm³/mol. The van der Waals surface area contributed by atoms with Crippen LogP contribution < -0.4 is 15.6 Å². The Bertz CT molecular complexity index is 1340. The van der Waals surface area contributed by atoms with Crippen LogP contribution in [0.5, 0.6) is 5.75 Å². The number of nitrogens with one attached hydrogen (secondary N) is 1. The van der Waals surface area contributed by atoms with E-state index in [4.69, 9.17) is 4.74 Å². The van der Waals surface area contributed by atoms with Gasteiger partial charge in [-0.15, -0.1) is 0 Å². The van der Waals surface area contributed by atoms with E-state index in [1.54, 1.807) is 18.5 Å². The average Bonchev–Trinajstić information content (AvgIpc) is 3.19. The number of carbonyl (C=O) groups is 1. The number of nitrogens with zero attached hydrogens (tertiary/aromatic N) is 4. The van der Waals surface area contributed by atoms with Crippen LogP contribution >= 0.6 is 0 Å². The second-order valence-corrected chi connectivity index (χ2v) is 7.86. The lowest BCUT2D eigenvalue weighted by Crippen LogP contribution is -2.37. The molecule has 8 heteroatoms. The van der Waals surface area contributed by atoms with Gasteiger partial charge in [0.05, 0.1) is 29.1 Å². The summed E-state index contributed by atoms with van der Waals surface area (Å²) in [6.07, 6.45) is 0. The van der Waals surface area contributed by atoms with Crippen LogP contribution in [-0.2, 0) is 11.3 Å². The molecule has 0 aliphatic heterocycles. The van der Waals surface area contributed by atoms with Crippen LogP contribution in [0.4, 0.5) is 0 Å². The topological polar surface area (TPSA) is 91.0 Å². The first-order chi connectivity index (χ1) is 15.9. The zero-order valence-electron chi connectivity index (χ0n) is 19.2. The first-order valence-electron chi connectivity index (χ1n) is 10.9. The third kappa shape index (κ3) is 4.37. The third-order valence-electron chi connectivity index (χ3n) is 5.59. The molecule has 2 aromatic heterocycles. The van der Waals surface area contributed by atoms with Crippen molar-refractivity contribution in [3.05, 3.63) is 81.9 Å². The maximum absolute atomic E-state index is 13.3. The van der Waals surface area contributed by atoms with Gasteiger partial charge in [-0.1, -0.05) is 30.3 Å². The molecule has 1 atom stereocenters. The summed E-state index contributed by atoms with van der Waals surface area (Å²) in [4.78, 5) is 26.2. The molecule has 33 heavy (non-hydrogen) atoms. The summed E-state index contributed by atoms with van der Waals surface area (Å²) in [6, 6.07) is 16.4. The Morgan fingerprint density at radius 2 is 1.76 bits per heavy atom. The Balaban J connectivity index is 1.59. The molecule has 1 N–H and O–H groups in total. The van der Waals surface area contributed by atoms with Gasteiger partial charge in [0, 0.05) is 6.54 Å². The van der Waals surface area contributed by atoms with Crippen molar-refractivity contribution in [3.8, 4) is 11.4 Å². The molecule has 0 saturated heterocycles. The lowest BCUT2D eigenvalue weighted by atomic mass is 10.2. The monoisotopic (exact) mass is 445 g/mol. The first-order valence-corrected chi connectivity index (χ1v) is 10.9. The van der Waals surface area contributed by atoms with Crippen molar-refractivity contribution in [1.82, 2.24) is 24.9 Å². The van der Waals surface area contributed by atoms with Crippen molar-refractivity contribution < 1.29 is 9.53 Å². The molecule has 0 radical (unpaired) electrons. The lowest BCUT2D eigenvalue weighted by Gasteiger charge is -2.15. The summed E-state index contributed by atoms with van der Waals surface area (Å²) in [7, 11) is 0. The van der Waals surface area contributed by atoms with E-state index in [2.05, 4.69) is 15.5 Å². The summed E-state index contributed by atoms with van der Waals surface area (Å²) in [5.74, 6) is 0.497. The van der Waals surface area contributed by atoms with Gasteiger partial charge in [-0.2, -0.15) is 10.2 Å². The van der Waals surface area contributed by atoms with E-state index in [0.29, 0.717) is 35.4 Å². The Morgan fingerprint density at radius 1 is 1.06 bits per heavy atom. The minimum absolute atomic E-state index is 0.287. The van der Waals surface area contributed by atoms with Crippen molar-refractivity contribution in [3.63, 3.8) is 0 Å². The fourth-order valence-corrected chi connectivity index (χ4v) is 3.78. The van der Waals surface area contributed by atoms with Gasteiger partial charge in [0.1, 0.15) is 17.3 Å². The summed E-state index contributed by atoms with van der Waals surface area (Å²) < 4.78 is 8.42. The summed E-state index contributed by atoms with van der Waals surface area (Å²) in [5, 5.41) is 12.4. The number of hydrogen-bond acceptors (Lipinski definition) is 5. The van der Waals surface area contributed by atoms with Crippen molar-refractivity contribution in [1.29, 1.82) is 0 Å². The highest BCUT2D eigenvalue weighted by Crippen LogP contribution is 2.20. The smallest absolute Gasteiger partial charge is 0.278 e. The quantitative estimate of drug-likeness (QED) is 0.470. The van der Waals surface area contributed by atoms with Crippen LogP contribution in [0.2, 0.25) is 0 Å². The Labute approximate surface area is 191 Å². The molecule has 0 aliphatic rings. The average molecular weight is 446 g/mol. The van der Waals surface area contributed by atoms with Crippen LogP contribution in [0.3, 0.4) is 0 Å². The van der Waals surface area contributed by atoms with Gasteiger partial charge >= 0.3 is 0 Å². The number of para-hydroxylation sites is 1. The van der Waals surface area contributed by atoms with Crippen LogP contribution in [0.1, 0.15) is 36.8 Å². The minimum atomic E-state index is -0.775. The summed E-state index contributed by atoms with van der Waals surface area (Å²) in [5.41, 5.74) is 3.30. The van der Waals surface area contributed by atoms with Crippen LogP contribution in [-0.4, -0.2) is 32.1 Å². The molecule has 4 rings (SSSR count). The molecule has 8 nitrogen and oxygen atoms in total. The predicted octanol–water partition coefficient (Wildman–Crippen LogP) is 3.48. The molecular formula is C25H27N5O3. The minimum Gasteiger partial charge on any atom is -0.494 e. The second kappa shape index (κ2) is 9.28. The highest BCUT2D eigenvalue weighted by molar-refractivity contribution is 5.84. The van der Waals surface area contributed by atoms with Gasteiger partial charge in [-0.05, 0) is 57.5 Å². The van der Waals surface area contributed by atoms with Gasteiger partial charge in [-0.25, -0.2) is 9.36 Å². The number of ether oxygens (including phenoxy) is 1. The molecule has 0 fully saturated rings. The van der Waals surface area contributed by atoms with Crippen molar-refractivity contribution in [2.24, 2.45) is 0 Å². The zero-order chi connectivity index (χ0) is 23.5. The largest absolute Gasteiger partial charge is 0.494 e. The fraction of sp³-hybridized carbons (Fsp3) is 0.280. The SMILES string of the molecule is CCOc1ccc(CNC(=O)C(C)n2nc(C)c3nn(-c4ccccc4)c(C)c3c2=O)cc1. The number of rotatable bonds is 7. The van der Waals surface area contributed by atoms with Crippen molar-refractivity contribution in [2.75, 3.05) is 6.61 Å². The number of carbonyl (C=O) groups excluding carboxylic acids is 1. The van der Waals surface area contributed by atoms with Gasteiger partial charge in [0.25, 0.3) is 5.56 Å². The van der Waals surface area contributed by atoms with Crippen molar-refractivity contribution in [2.45, 2.75) is 40.3 Å². The number of fused-ring (bicyclic) bond motifs is 1. The molecule has 2 aromatic carbocycles. The van der Waals surface area contributed by atoms with Crippen LogP contribution in [0.15, 0.2) is 59.4 Å². The molecule has 170 valence electrons. The van der Waals surface area contributed by atoms with Crippen molar-refractivity contribution >= 4 is 16.8 Å². The fourth-order valence-electron chi connectivity index (χ4n) is 3.78. The molecule has 1 amide bonds. The Hall–Kier alpha value is -3.94. The van der Waals surface area contributed by atoms with Crippen LogP contribution in [0, 0.1) is 13.8 Å². The number of aryl methyl sites for hydroxylation is 2. The molecule has 1 unspecified atom stereocenters. The highest BCUT2D eigenvalue weighted by atomic mass is 16.5. The number of amides is 1. The Kier molecular flexibility index (Phi) is 6.26. The lowest BCUT2D eigenvalue weighted by molar-refractivity contribution is -0.124. The molecule has 0 saturated carbocycles. The maximum Gasteiger partial charge on any atom is 0.278 e. The maximum atomic E-state index is 13.3. The summed E-state index contributed by atoms with van der Waals surface area (Å²) in [6.45, 7) is 8.19. The second-order valence-electron chi connectivity index (χ2n) is 7.86. The number of aromatic nitrogens is 4. The van der Waals surface area contributed by atoms with Gasteiger partial charge < -0.3 is 10.1 Å². The van der Waals surface area contributed by atoms with E-state index in [0.717, 1.165) is 17.0 Å². The number of benzene rings is 2. The zero-order valence-corrected chi connectivity index (χ0v) is 19.2. The summed E-state index contributed by atoms with van der Waals surface area (Å²) >= 11 is 0. The van der Waals surface area contributed by atoms with E-state index in [9.17, 15) is 9.59 Å². The third-order valence-corrected chi connectivity index (χ3v) is 5.59. The first kappa shape index (κ1) is 22.3. The highest BCUT2D eigenvalue weighted by Gasteiger charge is 2.23. The standard InChI is InChI=1S/C25H27N5O3/c1-5-33-21-13-11-19(12-14-21)15-26-24(31)18(4)30-25(32)22-17(3)29(20-9-7-6-8-10-20)28-23(22)16(2)27-30/h6-14,18H,5,15H2,1-4H3,(H,26,31). The van der Waals surface area contributed by atoms with Gasteiger partial charge in [-0.3, -0.25) is 9.59 Å². The van der Waals surface area contributed by atoms with E-state index in [1.165, 1.54) is 4.68 Å². The van der Waals surface area contributed by atoms with Gasteiger partial charge in [0.15, 0.2) is 0 Å². The molecule has 0 spiro atoms. The molecule has 4 aromatic rings. The molecular weight excluding hydrogens is 418 g/mol. The van der Waals surface area contributed by atoms with E-state index in [1.807, 2.05) is 68.4 Å². The molecule has 2 heterocycles. The van der Waals surface area contributed by atoms with E-state index >= 15 is 0 Å². The Morgan fingerprint density at radius 3 is 2.42 bits per heavy atom. The van der Waals surface area contributed by atoms with E-state index in [-0.39, 0.29) is 11.5 Å². The number of hydrogen-bond donors (Lipinski definition) is 1. The molecule has 0 bridgehead atoms. The van der Waals surface area contributed by atoms with Gasteiger partial charge in [0.2, 0.25) is 5.91 Å². The van der Waals surface area contributed by atoms with Crippen LogP contribution in [0.25, 0.3) is 16.6 Å². The normalized spacial score (nSPS) is 12.0. The molecule has 0 aliphatic carbocycles. The van der Waals surface area contributed by atoms with E-state index < -0.39 is 6.04 Å².